The topological polar surface area (TPSA) is 153 Å². The molecule has 4 rings (SSSR count). The van der Waals surface area contributed by atoms with Gasteiger partial charge in [0.2, 0.25) is 0 Å². The third-order valence-electron chi connectivity index (χ3n) is 7.81. The third kappa shape index (κ3) is 6.01. The molecule has 0 aromatic heterocycles. The highest BCUT2D eigenvalue weighted by molar-refractivity contribution is 7.92. The molecule has 1 amide bonds. The fourth-order valence-corrected chi connectivity index (χ4v) is 7.95. The highest BCUT2D eigenvalue weighted by atomic mass is 35.5. The van der Waals surface area contributed by atoms with Gasteiger partial charge in [0.15, 0.2) is 27.3 Å². The number of fused-ring (bicyclic) bond motifs is 2. The minimum Gasteiger partial charge on any atom is -0.394 e. The van der Waals surface area contributed by atoms with Crippen LogP contribution in [-0.4, -0.2) is 77.6 Å². The van der Waals surface area contributed by atoms with Crippen LogP contribution in [0.2, 0.25) is 5.02 Å². The number of amides is 1. The molecule has 2 bridgehead atoms. The number of aliphatic hydroxyl groups is 4. The summed E-state index contributed by atoms with van der Waals surface area (Å²) in [6, 6.07) is 4.67. The summed E-state index contributed by atoms with van der Waals surface area (Å²) in [5.74, 6) is -6.51. The molecule has 2 aliphatic rings. The highest BCUT2D eigenvalue weighted by Gasteiger charge is 2.56. The van der Waals surface area contributed by atoms with Gasteiger partial charge in [0, 0.05) is 23.4 Å². The van der Waals surface area contributed by atoms with Crippen molar-refractivity contribution in [3.05, 3.63) is 58.4 Å². The van der Waals surface area contributed by atoms with E-state index in [1.165, 1.54) is 12.1 Å². The number of sulfone groups is 1. The lowest BCUT2D eigenvalue weighted by atomic mass is 9.75. The Morgan fingerprint density at radius 2 is 1.68 bits per heavy atom. The van der Waals surface area contributed by atoms with Gasteiger partial charge in [0.25, 0.3) is 5.91 Å². The number of carbonyl (C=O) groups excluding carboxylic acids is 1. The van der Waals surface area contributed by atoms with Gasteiger partial charge in [-0.3, -0.25) is 4.79 Å². The number of aliphatic hydroxyl groups excluding tert-OH is 3. The summed E-state index contributed by atoms with van der Waals surface area (Å²) in [5, 5.41) is 40.6. The van der Waals surface area contributed by atoms with E-state index in [0.29, 0.717) is 25.0 Å². The van der Waals surface area contributed by atoms with Gasteiger partial charge in [0.05, 0.1) is 40.6 Å². The molecule has 40 heavy (non-hydrogen) atoms. The summed E-state index contributed by atoms with van der Waals surface area (Å²) in [6.45, 7) is -1.17. The van der Waals surface area contributed by atoms with Crippen molar-refractivity contribution in [1.82, 2.24) is 0 Å². The molecule has 0 radical (unpaired) electrons. The molecule has 9 nitrogen and oxygen atoms in total. The van der Waals surface area contributed by atoms with Crippen LogP contribution < -0.4 is 5.32 Å². The zero-order valence-corrected chi connectivity index (χ0v) is 22.6. The molecular weight excluding hydrogens is 579 g/mol. The Morgan fingerprint density at radius 1 is 1.07 bits per heavy atom. The third-order valence-corrected chi connectivity index (χ3v) is 10.5. The maximum Gasteiger partial charge on any atom is 0.255 e. The maximum atomic E-state index is 13.7. The van der Waals surface area contributed by atoms with Gasteiger partial charge >= 0.3 is 0 Å². The van der Waals surface area contributed by atoms with Gasteiger partial charge < -0.3 is 30.5 Å². The number of anilines is 1. The summed E-state index contributed by atoms with van der Waals surface area (Å²) in [4.78, 5) is 12.4. The van der Waals surface area contributed by atoms with Crippen molar-refractivity contribution in [1.29, 1.82) is 0 Å². The lowest BCUT2D eigenvalue weighted by molar-refractivity contribution is -0.133. The van der Waals surface area contributed by atoms with Crippen LogP contribution in [0, 0.1) is 29.3 Å². The molecule has 2 aromatic carbocycles. The van der Waals surface area contributed by atoms with Gasteiger partial charge in [-0.25, -0.2) is 21.6 Å². The fraction of sp³-hybridized carbons (Fsp3) is 0.500. The first kappa shape index (κ1) is 30.7. The average molecular weight is 608 g/mol. The molecule has 14 heteroatoms. The Morgan fingerprint density at radius 3 is 2.25 bits per heavy atom. The van der Waals surface area contributed by atoms with E-state index in [1.807, 2.05) is 0 Å². The second kappa shape index (κ2) is 11.9. The molecule has 0 spiro atoms. The van der Waals surface area contributed by atoms with E-state index in [2.05, 4.69) is 5.32 Å². The molecule has 220 valence electrons. The first-order valence-electron chi connectivity index (χ1n) is 12.5. The molecule has 0 aliphatic heterocycles. The number of rotatable bonds is 10. The summed E-state index contributed by atoms with van der Waals surface area (Å²) in [5.41, 5.74) is -1.88. The Balaban J connectivity index is 1.49. The van der Waals surface area contributed by atoms with E-state index < -0.39 is 74.7 Å². The minimum absolute atomic E-state index is 0.0847. The number of carbonyl (C=O) groups is 1. The SMILES string of the molecule is O=C(Nc1cc(F)c(F)c(F)c1)c1ccc(Cl)c(S(=O)(=O)C2CC3CCC(C2)C3(O)COC[C@H](O)C(O)CO)c1. The van der Waals surface area contributed by atoms with E-state index >= 15 is 0 Å². The number of halogens is 4. The summed E-state index contributed by atoms with van der Waals surface area (Å²) < 4.78 is 73.0. The summed E-state index contributed by atoms with van der Waals surface area (Å²) in [7, 11) is -4.10. The monoisotopic (exact) mass is 607 g/mol. The van der Waals surface area contributed by atoms with E-state index in [4.69, 9.17) is 21.4 Å². The number of nitrogens with one attached hydrogen (secondary N) is 1. The summed E-state index contributed by atoms with van der Waals surface area (Å²) >= 11 is 6.22. The van der Waals surface area contributed by atoms with E-state index in [9.17, 15) is 41.7 Å². The zero-order chi connectivity index (χ0) is 29.4. The standard InChI is InChI=1S/C26H29ClF3NO8S/c27-18-4-1-13(25(35)31-16-8-19(28)24(30)20(29)9-16)5-23(18)40(37,38)17-6-14-2-3-15(7-17)26(14,36)12-39-11-22(34)21(33)10-32/h1,4-5,8-9,14-15,17,21-22,32-34,36H,2-3,6-7,10-12H2,(H,31,35)/t14?,15?,17?,21?,22-,26?/m0/s1. The van der Waals surface area contributed by atoms with Crippen molar-refractivity contribution < 1.29 is 51.5 Å². The Kier molecular flexibility index (Phi) is 9.15. The van der Waals surface area contributed by atoms with Crippen molar-refractivity contribution in [2.45, 2.75) is 53.6 Å². The van der Waals surface area contributed by atoms with E-state index in [-0.39, 0.29) is 47.2 Å². The van der Waals surface area contributed by atoms with Crippen LogP contribution in [0.25, 0.3) is 0 Å². The molecule has 0 heterocycles. The van der Waals surface area contributed by atoms with Crippen LogP contribution in [0.4, 0.5) is 18.9 Å². The average Bonchev–Trinajstić information content (AvgIpc) is 3.06. The van der Waals surface area contributed by atoms with Gasteiger partial charge in [-0.2, -0.15) is 0 Å². The smallest absolute Gasteiger partial charge is 0.255 e. The van der Waals surface area contributed by atoms with Crippen molar-refractivity contribution in [2.24, 2.45) is 11.8 Å². The van der Waals surface area contributed by atoms with E-state index in [0.717, 1.165) is 6.07 Å². The fourth-order valence-electron chi connectivity index (χ4n) is 5.55. The molecule has 5 N–H and O–H groups in total. The van der Waals surface area contributed by atoms with Crippen LogP contribution in [0.5, 0.6) is 0 Å². The second-order valence-corrected chi connectivity index (χ2v) is 12.9. The van der Waals surface area contributed by atoms with Crippen LogP contribution in [0.1, 0.15) is 36.0 Å². The van der Waals surface area contributed by atoms with Crippen molar-refractivity contribution in [2.75, 3.05) is 25.1 Å². The lowest BCUT2D eigenvalue weighted by Crippen LogP contribution is -2.51. The van der Waals surface area contributed by atoms with E-state index in [1.54, 1.807) is 0 Å². The predicted octanol–water partition coefficient (Wildman–Crippen LogP) is 2.43. The number of benzene rings is 2. The van der Waals surface area contributed by atoms with Gasteiger partial charge in [-0.05, 0) is 55.7 Å². The highest BCUT2D eigenvalue weighted by Crippen LogP contribution is 2.52. The Hall–Kier alpha value is -2.26. The first-order chi connectivity index (χ1) is 18.8. The zero-order valence-electron chi connectivity index (χ0n) is 21.1. The molecule has 2 fully saturated rings. The molecule has 2 aliphatic carbocycles. The lowest BCUT2D eigenvalue weighted by Gasteiger charge is -2.42. The number of ether oxygens (including phenoxy) is 1. The number of hydrogen-bond donors (Lipinski definition) is 5. The van der Waals surface area contributed by atoms with Gasteiger partial charge in [0.1, 0.15) is 12.2 Å². The van der Waals surface area contributed by atoms with Crippen LogP contribution in [0.15, 0.2) is 35.2 Å². The first-order valence-corrected chi connectivity index (χ1v) is 14.5. The molecule has 3 unspecified atom stereocenters. The van der Waals surface area contributed by atoms with Gasteiger partial charge in [-0.1, -0.05) is 11.6 Å². The van der Waals surface area contributed by atoms with Crippen LogP contribution >= 0.6 is 11.6 Å². The normalized spacial score (nSPS) is 25.9. The quantitative estimate of drug-likeness (QED) is 0.258. The van der Waals surface area contributed by atoms with Crippen molar-refractivity contribution in [3.8, 4) is 0 Å². The van der Waals surface area contributed by atoms with Crippen LogP contribution in [-0.2, 0) is 14.6 Å². The minimum atomic E-state index is -4.10. The Labute approximate surface area is 233 Å². The summed E-state index contributed by atoms with van der Waals surface area (Å²) in [6.07, 6.45) is -1.50. The molecule has 0 saturated heterocycles. The van der Waals surface area contributed by atoms with Gasteiger partial charge in [-0.15, -0.1) is 0 Å². The number of hydrogen-bond acceptors (Lipinski definition) is 8. The molecule has 2 saturated carbocycles. The van der Waals surface area contributed by atoms with Crippen LogP contribution in [0.3, 0.4) is 0 Å². The molecular formula is C26H29ClF3NO8S. The Bertz CT molecular complexity index is 1340. The molecule has 4 atom stereocenters. The van der Waals surface area contributed by atoms with Crippen molar-refractivity contribution in [3.63, 3.8) is 0 Å². The largest absolute Gasteiger partial charge is 0.394 e. The van der Waals surface area contributed by atoms with Crippen molar-refractivity contribution >= 4 is 33.0 Å². The second-order valence-electron chi connectivity index (χ2n) is 10.3. The predicted molar refractivity (Wildman–Crippen MR) is 137 cm³/mol. The molecule has 2 aromatic rings. The maximum absolute atomic E-state index is 13.7.